The van der Waals surface area contributed by atoms with Crippen LogP contribution >= 0.6 is 0 Å². The van der Waals surface area contributed by atoms with Gasteiger partial charge in [-0.3, -0.25) is 0 Å². The van der Waals surface area contributed by atoms with Crippen molar-refractivity contribution in [1.82, 2.24) is 0 Å². The minimum absolute atomic E-state index is 0. The third-order valence-electron chi connectivity index (χ3n) is 0.183. The second-order valence-corrected chi connectivity index (χ2v) is 0.610. The van der Waals surface area contributed by atoms with Gasteiger partial charge in [-0.1, -0.05) is 0 Å². The summed E-state index contributed by atoms with van der Waals surface area (Å²) in [5, 5.41) is 14.8. The fourth-order valence-electron chi connectivity index (χ4n) is 0. The van der Waals surface area contributed by atoms with Gasteiger partial charge >= 0.3 is 11.9 Å². The van der Waals surface area contributed by atoms with Gasteiger partial charge in [0.05, 0.1) is 0 Å². The Morgan fingerprint density at radius 3 is 1.14 bits per heavy atom. The Balaban J connectivity index is 0. The van der Waals surface area contributed by atoms with E-state index >= 15 is 0 Å². The van der Waals surface area contributed by atoms with Crippen molar-refractivity contribution in [1.29, 1.82) is 0 Å². The molecule has 1 radical (unpaired) electrons. The third kappa shape index (κ3) is 6.04. The van der Waals surface area contributed by atoms with E-state index < -0.39 is 11.9 Å². The molecule has 0 amide bonds. The van der Waals surface area contributed by atoms with E-state index in [4.69, 9.17) is 19.8 Å². The topological polar surface area (TPSA) is 74.6 Å². The van der Waals surface area contributed by atoms with Crippen LogP contribution in [0.1, 0.15) is 0 Å². The molecule has 0 atom stereocenters. The molecule has 0 spiro atoms. The van der Waals surface area contributed by atoms with E-state index in [-0.39, 0.29) is 32.7 Å². The van der Waals surface area contributed by atoms with Gasteiger partial charge < -0.3 is 10.2 Å². The summed E-state index contributed by atoms with van der Waals surface area (Å²) < 4.78 is 0. The van der Waals surface area contributed by atoms with E-state index in [0.29, 0.717) is 0 Å². The van der Waals surface area contributed by atoms with Gasteiger partial charge in [0.25, 0.3) is 0 Å². The molecule has 0 heterocycles. The summed E-state index contributed by atoms with van der Waals surface area (Å²) in [7, 11) is 0. The number of aliphatic carboxylic acids is 2. The van der Waals surface area contributed by atoms with Gasteiger partial charge in [0, 0.05) is 32.7 Å². The van der Waals surface area contributed by atoms with Crippen molar-refractivity contribution in [2.45, 2.75) is 0 Å². The first-order valence-corrected chi connectivity index (χ1v) is 1.11. The van der Waals surface area contributed by atoms with Crippen molar-refractivity contribution in [3.63, 3.8) is 0 Å². The second kappa shape index (κ2) is 4.21. The van der Waals surface area contributed by atoms with Crippen LogP contribution in [0.25, 0.3) is 0 Å². The maximum absolute atomic E-state index is 9.10. The summed E-state index contributed by atoms with van der Waals surface area (Å²) in [4.78, 5) is 18.2. The molecule has 5 heteroatoms. The van der Waals surface area contributed by atoms with E-state index in [1.807, 2.05) is 0 Å². The summed E-state index contributed by atoms with van der Waals surface area (Å²) >= 11 is 0. The van der Waals surface area contributed by atoms with E-state index in [2.05, 4.69) is 0 Å². The predicted molar refractivity (Wildman–Crippen MR) is 15.3 cm³/mol. The first-order valence-electron chi connectivity index (χ1n) is 1.11. The van der Waals surface area contributed by atoms with Crippen LogP contribution in [0.5, 0.6) is 0 Å². The minimum Gasteiger partial charge on any atom is -0.473 e. The average molecular weight is 179 g/mol. The van der Waals surface area contributed by atoms with Crippen molar-refractivity contribution in [3.8, 4) is 0 Å². The van der Waals surface area contributed by atoms with E-state index in [0.717, 1.165) is 0 Å². The summed E-state index contributed by atoms with van der Waals surface area (Å²) in [6, 6.07) is 0. The predicted octanol–water partition coefficient (Wildman–Crippen LogP) is -0.847. The Kier molecular flexibility index (Phi) is 6.08. The Morgan fingerprint density at radius 2 is 1.14 bits per heavy atom. The molecule has 0 aromatic carbocycles. The SMILES string of the molecule is O=C(O)C(=O)O.[Y]. The van der Waals surface area contributed by atoms with Gasteiger partial charge in [-0.2, -0.15) is 0 Å². The van der Waals surface area contributed by atoms with E-state index in [1.165, 1.54) is 0 Å². The van der Waals surface area contributed by atoms with Crippen LogP contribution in [0, 0.1) is 0 Å². The summed E-state index contributed by atoms with van der Waals surface area (Å²) in [5.74, 6) is -3.65. The van der Waals surface area contributed by atoms with Crippen LogP contribution in [0.2, 0.25) is 0 Å². The molecule has 0 aliphatic rings. The van der Waals surface area contributed by atoms with Crippen LogP contribution in [-0.4, -0.2) is 22.2 Å². The first-order chi connectivity index (χ1) is 2.64. The number of hydrogen-bond acceptors (Lipinski definition) is 2. The van der Waals surface area contributed by atoms with Crippen LogP contribution in [0.15, 0.2) is 0 Å². The molecule has 0 saturated heterocycles. The van der Waals surface area contributed by atoms with Gasteiger partial charge in [-0.05, 0) is 0 Å². The number of carboxylic acids is 2. The molecular weight excluding hydrogens is 177 g/mol. The van der Waals surface area contributed by atoms with Crippen molar-refractivity contribution >= 4 is 11.9 Å². The van der Waals surface area contributed by atoms with Gasteiger partial charge in [0.2, 0.25) is 0 Å². The fourth-order valence-corrected chi connectivity index (χ4v) is 0. The summed E-state index contributed by atoms with van der Waals surface area (Å²) in [6.45, 7) is 0. The van der Waals surface area contributed by atoms with Crippen molar-refractivity contribution < 1.29 is 52.5 Å². The van der Waals surface area contributed by atoms with E-state index in [9.17, 15) is 0 Å². The van der Waals surface area contributed by atoms with Gasteiger partial charge in [0.15, 0.2) is 0 Å². The van der Waals surface area contributed by atoms with Crippen LogP contribution < -0.4 is 0 Å². The zero-order chi connectivity index (χ0) is 5.15. The molecule has 7 heavy (non-hydrogen) atoms. The molecule has 0 unspecified atom stereocenters. The fraction of sp³-hybridized carbons (Fsp3) is 0. The quantitative estimate of drug-likeness (QED) is 0.475. The second-order valence-electron chi connectivity index (χ2n) is 0.610. The Bertz CT molecular complexity index is 75.7. The molecule has 0 aliphatic carbocycles. The van der Waals surface area contributed by atoms with Crippen molar-refractivity contribution in [3.05, 3.63) is 0 Å². The van der Waals surface area contributed by atoms with Crippen molar-refractivity contribution in [2.24, 2.45) is 0 Å². The molecule has 0 aliphatic heterocycles. The van der Waals surface area contributed by atoms with E-state index in [1.54, 1.807) is 0 Å². The number of hydrogen-bond donors (Lipinski definition) is 2. The smallest absolute Gasteiger partial charge is 0.414 e. The molecule has 0 saturated carbocycles. The average Bonchev–Trinajstić information content (AvgIpc) is 1.36. The van der Waals surface area contributed by atoms with Gasteiger partial charge in [-0.15, -0.1) is 0 Å². The van der Waals surface area contributed by atoms with Crippen LogP contribution in [0.4, 0.5) is 0 Å². The maximum Gasteiger partial charge on any atom is 0.414 e. The summed E-state index contributed by atoms with van der Waals surface area (Å²) in [5.41, 5.74) is 0. The molecular formula is C2H2O4Y. The molecule has 0 aromatic heterocycles. The van der Waals surface area contributed by atoms with Gasteiger partial charge in [-0.25, -0.2) is 9.59 Å². The third-order valence-corrected chi connectivity index (χ3v) is 0.183. The van der Waals surface area contributed by atoms with Crippen LogP contribution in [0.3, 0.4) is 0 Å². The number of carboxylic acid groups (broad SMARTS) is 2. The maximum atomic E-state index is 9.10. The number of rotatable bonds is 0. The molecule has 4 nitrogen and oxygen atoms in total. The zero-order valence-electron chi connectivity index (χ0n) is 3.29. The Labute approximate surface area is 64.4 Å². The zero-order valence-corrected chi connectivity index (χ0v) is 6.13. The molecule has 0 aromatic rings. The Hall–Kier alpha value is 0.0439. The number of carbonyl (C=O) groups is 2. The minimum atomic E-state index is -1.82. The van der Waals surface area contributed by atoms with Crippen LogP contribution in [-0.2, 0) is 42.3 Å². The van der Waals surface area contributed by atoms with Crippen molar-refractivity contribution in [2.75, 3.05) is 0 Å². The Morgan fingerprint density at radius 1 is 1.00 bits per heavy atom. The molecule has 0 bridgehead atoms. The molecule has 37 valence electrons. The largest absolute Gasteiger partial charge is 0.473 e. The normalized spacial score (nSPS) is 6.29. The summed E-state index contributed by atoms with van der Waals surface area (Å²) in [6.07, 6.45) is 0. The van der Waals surface area contributed by atoms with Gasteiger partial charge in [0.1, 0.15) is 0 Å². The first kappa shape index (κ1) is 10.1. The standard InChI is InChI=1S/C2H2O4.Y/c3-1(4)2(5)6;/h(H,3,4)(H,5,6);. The molecule has 0 fully saturated rings. The monoisotopic (exact) mass is 179 g/mol. The molecule has 2 N–H and O–H groups in total. The molecule has 0 rings (SSSR count).